The van der Waals surface area contributed by atoms with Crippen LogP contribution in [0.5, 0.6) is 5.75 Å². The molecule has 1 aliphatic heterocycles. The number of methoxy groups -OCH3 is 1. The van der Waals surface area contributed by atoms with Crippen molar-refractivity contribution in [2.75, 3.05) is 38.6 Å². The Kier molecular flexibility index (Phi) is 6.73. The number of nitrogens with one attached hydrogen (secondary N) is 1. The fourth-order valence-electron chi connectivity index (χ4n) is 4.48. The molecule has 1 aliphatic rings. The monoisotopic (exact) mass is 539 g/mol. The number of aromatic nitrogens is 3. The van der Waals surface area contributed by atoms with Gasteiger partial charge in [-0.2, -0.15) is 12.7 Å². The summed E-state index contributed by atoms with van der Waals surface area (Å²) in [5.41, 5.74) is 3.85. The first kappa shape index (κ1) is 25.6. The third kappa shape index (κ3) is 4.90. The lowest BCUT2D eigenvalue weighted by Gasteiger charge is -2.33. The number of rotatable bonds is 6. The summed E-state index contributed by atoms with van der Waals surface area (Å²) in [4.78, 5) is 23.6. The first-order valence-corrected chi connectivity index (χ1v) is 13.3. The van der Waals surface area contributed by atoms with Gasteiger partial charge in [0.25, 0.3) is 16.1 Å². The van der Waals surface area contributed by atoms with Crippen LogP contribution >= 0.6 is 0 Å². The van der Waals surface area contributed by atoms with Gasteiger partial charge in [-0.15, -0.1) is 0 Å². The van der Waals surface area contributed by atoms with Crippen molar-refractivity contribution in [3.05, 3.63) is 71.9 Å². The number of hydrogen-bond donors (Lipinski definition) is 2. The zero-order valence-corrected chi connectivity index (χ0v) is 21.6. The average Bonchev–Trinajstić information content (AvgIpc) is 3.33. The van der Waals surface area contributed by atoms with Gasteiger partial charge in [0.2, 0.25) is 0 Å². The molecule has 11 nitrogen and oxygen atoms in total. The van der Waals surface area contributed by atoms with Crippen molar-refractivity contribution in [3.63, 3.8) is 0 Å². The first-order valence-electron chi connectivity index (χ1n) is 11.8. The maximum absolute atomic E-state index is 14.3. The molecule has 4 aromatic rings. The number of carbonyl (C=O) groups is 1. The Bertz CT molecular complexity index is 1630. The van der Waals surface area contributed by atoms with Gasteiger partial charge in [-0.1, -0.05) is 0 Å². The average molecular weight is 540 g/mol. The molecule has 0 radical (unpaired) electrons. The number of fused-ring (bicyclic) bond motifs is 1. The number of nitrogens with zero attached hydrogens (tertiary/aromatic N) is 5. The van der Waals surface area contributed by atoms with Gasteiger partial charge in [-0.25, -0.2) is 19.5 Å². The fourth-order valence-corrected chi connectivity index (χ4v) is 5.15. The van der Waals surface area contributed by atoms with Crippen LogP contribution in [0, 0.1) is 12.7 Å². The number of ether oxygens (including phenoxy) is 1. The smallest absolute Gasteiger partial charge is 0.277 e. The van der Waals surface area contributed by atoms with E-state index in [2.05, 4.69) is 15.3 Å². The molecule has 3 N–H and O–H groups in total. The number of piperazine rings is 1. The van der Waals surface area contributed by atoms with E-state index in [0.717, 1.165) is 9.87 Å². The van der Waals surface area contributed by atoms with E-state index in [1.54, 1.807) is 47.8 Å². The lowest BCUT2D eigenvalue weighted by Crippen LogP contribution is -2.52. The van der Waals surface area contributed by atoms with Crippen molar-refractivity contribution in [1.29, 1.82) is 0 Å². The highest BCUT2D eigenvalue weighted by atomic mass is 32.2. The highest BCUT2D eigenvalue weighted by Gasteiger charge is 2.27. The summed E-state index contributed by atoms with van der Waals surface area (Å²) in [5, 5.41) is 8.44. The van der Waals surface area contributed by atoms with E-state index in [0.29, 0.717) is 34.0 Å². The molecule has 1 saturated heterocycles. The SMILES string of the molecule is COc1ccc(-c2cnc3c(Nc4ccc(C(=O)N5CCN(S(N)(=O)=O)CC5)c(C)c4)nccn23)cc1F. The van der Waals surface area contributed by atoms with Crippen molar-refractivity contribution in [2.45, 2.75) is 6.92 Å². The van der Waals surface area contributed by atoms with Crippen LogP contribution < -0.4 is 15.2 Å². The van der Waals surface area contributed by atoms with Gasteiger partial charge in [0.15, 0.2) is 23.0 Å². The minimum Gasteiger partial charge on any atom is -0.494 e. The quantitative estimate of drug-likeness (QED) is 0.384. The van der Waals surface area contributed by atoms with Crippen molar-refractivity contribution >= 4 is 33.3 Å². The van der Waals surface area contributed by atoms with Gasteiger partial charge in [0.1, 0.15) is 0 Å². The van der Waals surface area contributed by atoms with E-state index in [9.17, 15) is 17.6 Å². The number of amides is 1. The fraction of sp³-hybridized carbons (Fsp3) is 0.240. The molecule has 0 bridgehead atoms. The zero-order chi connectivity index (χ0) is 27.0. The number of halogens is 1. The second-order valence-corrected chi connectivity index (χ2v) is 10.4. The number of benzene rings is 2. The highest BCUT2D eigenvalue weighted by molar-refractivity contribution is 7.86. The second kappa shape index (κ2) is 10.0. The lowest BCUT2D eigenvalue weighted by molar-refractivity contribution is 0.0697. The summed E-state index contributed by atoms with van der Waals surface area (Å²) in [6.45, 7) is 2.68. The molecular weight excluding hydrogens is 513 g/mol. The van der Waals surface area contributed by atoms with Crippen molar-refractivity contribution in [3.8, 4) is 17.0 Å². The van der Waals surface area contributed by atoms with Crippen LogP contribution in [0.25, 0.3) is 16.9 Å². The summed E-state index contributed by atoms with van der Waals surface area (Å²) >= 11 is 0. The highest BCUT2D eigenvalue weighted by Crippen LogP contribution is 2.29. The molecular formula is C25H26FN7O4S. The summed E-state index contributed by atoms with van der Waals surface area (Å²) in [6, 6.07) is 10.0. The summed E-state index contributed by atoms with van der Waals surface area (Å²) in [6.07, 6.45) is 5.01. The largest absolute Gasteiger partial charge is 0.494 e. The molecule has 3 heterocycles. The van der Waals surface area contributed by atoms with Crippen LogP contribution in [0.15, 0.2) is 55.0 Å². The van der Waals surface area contributed by atoms with Gasteiger partial charge in [0, 0.05) is 55.4 Å². The number of carbonyl (C=O) groups excluding carboxylic acids is 1. The van der Waals surface area contributed by atoms with E-state index in [-0.39, 0.29) is 37.8 Å². The van der Waals surface area contributed by atoms with Crippen LogP contribution in [0.2, 0.25) is 0 Å². The Labute approximate surface area is 218 Å². The summed E-state index contributed by atoms with van der Waals surface area (Å²) in [7, 11) is -2.35. The molecule has 0 atom stereocenters. The van der Waals surface area contributed by atoms with Crippen LogP contribution in [0.3, 0.4) is 0 Å². The predicted molar refractivity (Wildman–Crippen MR) is 140 cm³/mol. The van der Waals surface area contributed by atoms with E-state index >= 15 is 0 Å². The summed E-state index contributed by atoms with van der Waals surface area (Å²) < 4.78 is 45.3. The Morgan fingerprint density at radius 3 is 2.53 bits per heavy atom. The van der Waals surface area contributed by atoms with E-state index in [4.69, 9.17) is 9.88 Å². The Hall–Kier alpha value is -4.07. The molecule has 13 heteroatoms. The molecule has 1 fully saturated rings. The molecule has 0 unspecified atom stereocenters. The first-order chi connectivity index (χ1) is 18.2. The molecule has 0 aliphatic carbocycles. The van der Waals surface area contributed by atoms with Gasteiger partial charge in [0.05, 0.1) is 19.0 Å². The van der Waals surface area contributed by atoms with Crippen molar-refractivity contribution in [2.24, 2.45) is 5.14 Å². The van der Waals surface area contributed by atoms with E-state index in [1.807, 2.05) is 17.4 Å². The van der Waals surface area contributed by atoms with E-state index in [1.165, 1.54) is 13.2 Å². The molecule has 0 spiro atoms. The van der Waals surface area contributed by atoms with E-state index < -0.39 is 16.0 Å². The third-order valence-corrected chi connectivity index (χ3v) is 7.57. The molecule has 1 amide bonds. The number of nitrogens with two attached hydrogens (primary N) is 1. The number of aryl methyl sites for hydroxylation is 1. The predicted octanol–water partition coefficient (Wildman–Crippen LogP) is 2.56. The van der Waals surface area contributed by atoms with Crippen LogP contribution in [0.4, 0.5) is 15.9 Å². The minimum atomic E-state index is -3.77. The standard InChI is InChI=1S/C25H26FN7O4S/c1-16-13-18(4-5-19(16)25(34)31-9-11-32(12-10-31)38(27,35)36)30-23-24-29-15-21(33(24)8-7-28-23)17-3-6-22(37-2)20(26)14-17/h3-8,13-15H,9-12H2,1-2H3,(H,28,30)(H2,27,35,36). The molecule has 2 aromatic carbocycles. The zero-order valence-electron chi connectivity index (χ0n) is 20.8. The Morgan fingerprint density at radius 1 is 1.11 bits per heavy atom. The maximum atomic E-state index is 14.3. The van der Waals surface area contributed by atoms with Crippen LogP contribution in [-0.2, 0) is 10.2 Å². The maximum Gasteiger partial charge on any atom is 0.277 e. The minimum absolute atomic E-state index is 0.161. The third-order valence-electron chi connectivity index (χ3n) is 6.48. The van der Waals surface area contributed by atoms with Gasteiger partial charge in [-0.05, 0) is 48.9 Å². The normalized spacial score (nSPS) is 14.6. The molecule has 198 valence electrons. The second-order valence-electron chi connectivity index (χ2n) is 8.85. The Morgan fingerprint density at radius 2 is 1.87 bits per heavy atom. The topological polar surface area (TPSA) is 135 Å². The Balaban J connectivity index is 1.35. The van der Waals surface area contributed by atoms with Gasteiger partial charge >= 0.3 is 0 Å². The molecule has 5 rings (SSSR count). The molecule has 2 aromatic heterocycles. The van der Waals surface area contributed by atoms with Crippen molar-refractivity contribution < 1.29 is 22.3 Å². The summed E-state index contributed by atoms with van der Waals surface area (Å²) in [5.74, 6) is 0.0108. The van der Waals surface area contributed by atoms with Crippen LogP contribution in [-0.4, -0.2) is 71.2 Å². The van der Waals surface area contributed by atoms with Gasteiger partial charge in [-0.3, -0.25) is 9.20 Å². The lowest BCUT2D eigenvalue weighted by atomic mass is 10.1. The molecule has 0 saturated carbocycles. The van der Waals surface area contributed by atoms with Gasteiger partial charge < -0.3 is 15.0 Å². The number of anilines is 2. The van der Waals surface area contributed by atoms with Crippen LogP contribution in [0.1, 0.15) is 15.9 Å². The number of hydrogen-bond acceptors (Lipinski definition) is 7. The number of imidazole rings is 1. The molecule has 38 heavy (non-hydrogen) atoms. The van der Waals surface area contributed by atoms with Crippen molar-refractivity contribution in [1.82, 2.24) is 23.6 Å².